The summed E-state index contributed by atoms with van der Waals surface area (Å²) in [6.45, 7) is 13.9. The zero-order valence-corrected chi connectivity index (χ0v) is 11.4. The summed E-state index contributed by atoms with van der Waals surface area (Å²) < 4.78 is 6.82. The van der Waals surface area contributed by atoms with E-state index in [4.69, 9.17) is 4.74 Å². The molecule has 0 saturated heterocycles. The van der Waals surface area contributed by atoms with Crippen LogP contribution in [0.1, 0.15) is 41.5 Å². The van der Waals surface area contributed by atoms with Gasteiger partial charge in [0.2, 0.25) is 0 Å². The minimum absolute atomic E-state index is 0.176. The maximum absolute atomic E-state index is 5.69. The Morgan fingerprint density at radius 1 is 1.08 bits per heavy atom. The first kappa shape index (κ1) is 12.5. The Labute approximate surface area is 89.3 Å². The van der Waals surface area contributed by atoms with Gasteiger partial charge in [-0.1, -0.05) is 0 Å². The molecule has 1 nitrogen and oxygen atoms in total. The molecule has 0 fully saturated rings. The predicted octanol–water partition coefficient (Wildman–Crippen LogP) is 2.39. The summed E-state index contributed by atoms with van der Waals surface area (Å²) in [4.78, 5) is 0. The van der Waals surface area contributed by atoms with E-state index in [2.05, 4.69) is 41.5 Å². The van der Waals surface area contributed by atoms with Gasteiger partial charge in [0.1, 0.15) is 0 Å². The molecule has 12 heavy (non-hydrogen) atoms. The second kappa shape index (κ2) is 4.11. The van der Waals surface area contributed by atoms with Gasteiger partial charge in [-0.05, 0) is 0 Å². The van der Waals surface area contributed by atoms with Gasteiger partial charge < -0.3 is 0 Å². The average molecular weight is 284 g/mol. The molecule has 0 rings (SSSR count). The van der Waals surface area contributed by atoms with Crippen molar-refractivity contribution >= 4 is 25.6 Å². The van der Waals surface area contributed by atoms with Gasteiger partial charge in [-0.15, -0.1) is 0 Å². The van der Waals surface area contributed by atoms with Crippen LogP contribution < -0.4 is 0 Å². The van der Waals surface area contributed by atoms with Crippen molar-refractivity contribution in [3.63, 3.8) is 0 Å². The summed E-state index contributed by atoms with van der Waals surface area (Å²) in [6.07, 6.45) is 0. The van der Waals surface area contributed by atoms with Crippen LogP contribution in [0.25, 0.3) is 0 Å². The molecule has 0 amide bonds. The minimum atomic E-state index is 0.176. The molecule has 0 aliphatic heterocycles. The van der Waals surface area contributed by atoms with Gasteiger partial charge in [-0.25, -0.2) is 0 Å². The fourth-order valence-electron chi connectivity index (χ4n) is 0.499. The summed E-state index contributed by atoms with van der Waals surface area (Å²) >= 11 is 1.99. The van der Waals surface area contributed by atoms with E-state index in [1.807, 2.05) is 21.8 Å². The first-order valence-electron chi connectivity index (χ1n) is 4.30. The van der Waals surface area contributed by atoms with Gasteiger partial charge in [0.05, 0.1) is 0 Å². The molecule has 0 spiro atoms. The van der Waals surface area contributed by atoms with Crippen molar-refractivity contribution in [3.8, 4) is 0 Å². The molecule has 0 heterocycles. The van der Waals surface area contributed by atoms with Gasteiger partial charge >= 0.3 is 89.3 Å². The van der Waals surface area contributed by atoms with Crippen LogP contribution in [-0.2, 0) is 4.74 Å². The van der Waals surface area contributed by atoms with Crippen LogP contribution in [0.3, 0.4) is 0 Å². The standard InChI is InChI=1S/C10H20OTe/c1-9(2,3)7-11-8(12)10(4,5)6/h7H2,1-6H3. The fourth-order valence-corrected chi connectivity index (χ4v) is 0.667. The van der Waals surface area contributed by atoms with Crippen molar-refractivity contribution in [3.05, 3.63) is 0 Å². The van der Waals surface area contributed by atoms with Gasteiger partial charge in [-0.2, -0.15) is 0 Å². The summed E-state index contributed by atoms with van der Waals surface area (Å²) in [5, 5.41) is 0. The van der Waals surface area contributed by atoms with Gasteiger partial charge in [0, 0.05) is 0 Å². The molecule has 0 aliphatic carbocycles. The zero-order valence-electron chi connectivity index (χ0n) is 9.02. The summed E-state index contributed by atoms with van der Waals surface area (Å²) in [6, 6.07) is 0. The second-order valence-corrected chi connectivity index (χ2v) is 6.45. The normalized spacial score (nSPS) is 12.8. The monoisotopic (exact) mass is 286 g/mol. The Balaban J connectivity index is 3.90. The van der Waals surface area contributed by atoms with Crippen molar-refractivity contribution < 1.29 is 4.74 Å². The third kappa shape index (κ3) is 6.03. The predicted molar refractivity (Wildman–Crippen MR) is 55.6 cm³/mol. The van der Waals surface area contributed by atoms with Crippen LogP contribution in [-0.4, -0.2) is 32.2 Å². The molecular formula is C10H20OTe. The molecule has 0 aromatic carbocycles. The summed E-state index contributed by atoms with van der Waals surface area (Å²) in [5.41, 5.74) is 0.434. The van der Waals surface area contributed by atoms with E-state index < -0.39 is 0 Å². The number of ether oxygens (including phenoxy) is 1. The Hall–Kier alpha value is 0.460. The number of hydrogen-bond donors (Lipinski definition) is 0. The maximum atomic E-state index is 5.69. The van der Waals surface area contributed by atoms with Crippen molar-refractivity contribution in [1.29, 1.82) is 0 Å². The number of rotatable bonds is 2. The summed E-state index contributed by atoms with van der Waals surface area (Å²) in [7, 11) is 0. The Morgan fingerprint density at radius 2 is 1.50 bits per heavy atom. The van der Waals surface area contributed by atoms with E-state index in [0.717, 1.165) is 10.3 Å². The van der Waals surface area contributed by atoms with Gasteiger partial charge in [-0.3, -0.25) is 0 Å². The van der Waals surface area contributed by atoms with E-state index in [0.29, 0.717) is 0 Å². The van der Waals surface area contributed by atoms with E-state index in [9.17, 15) is 0 Å². The number of hydrogen-bond acceptors (Lipinski definition) is 1. The molecule has 0 atom stereocenters. The van der Waals surface area contributed by atoms with Crippen LogP contribution in [0.4, 0.5) is 0 Å². The molecule has 0 unspecified atom stereocenters. The molecule has 0 radical (unpaired) electrons. The van der Waals surface area contributed by atoms with Crippen LogP contribution in [0.2, 0.25) is 0 Å². The van der Waals surface area contributed by atoms with Crippen molar-refractivity contribution in [2.45, 2.75) is 41.5 Å². The molecule has 0 N–H and O–H groups in total. The van der Waals surface area contributed by atoms with Crippen LogP contribution in [0.15, 0.2) is 0 Å². The summed E-state index contributed by atoms with van der Waals surface area (Å²) in [5.74, 6) is 0. The molecule has 72 valence electrons. The molecule has 0 aromatic heterocycles. The van der Waals surface area contributed by atoms with Crippen LogP contribution >= 0.6 is 0 Å². The third-order valence-electron chi connectivity index (χ3n) is 1.25. The van der Waals surface area contributed by atoms with E-state index in [1.165, 1.54) is 0 Å². The third-order valence-corrected chi connectivity index (χ3v) is 3.33. The van der Waals surface area contributed by atoms with E-state index in [1.54, 1.807) is 0 Å². The van der Waals surface area contributed by atoms with E-state index >= 15 is 0 Å². The molecular weight excluding hydrogens is 264 g/mol. The van der Waals surface area contributed by atoms with Crippen molar-refractivity contribution in [1.82, 2.24) is 0 Å². The molecule has 0 aliphatic rings. The van der Waals surface area contributed by atoms with Crippen LogP contribution in [0, 0.1) is 10.8 Å². The van der Waals surface area contributed by atoms with Gasteiger partial charge in [0.15, 0.2) is 0 Å². The average Bonchev–Trinajstić information content (AvgIpc) is 1.78. The SMILES string of the molecule is CC(C)(C)COC(=[Te])C(C)(C)C. The topological polar surface area (TPSA) is 9.23 Å². The molecule has 0 aromatic rings. The second-order valence-electron chi connectivity index (χ2n) is 5.39. The molecule has 0 bridgehead atoms. The van der Waals surface area contributed by atoms with Crippen molar-refractivity contribution in [2.75, 3.05) is 6.61 Å². The van der Waals surface area contributed by atoms with Gasteiger partial charge in [0.25, 0.3) is 0 Å². The first-order chi connectivity index (χ1) is 5.13. The fraction of sp³-hybridized carbons (Fsp3) is 0.900. The zero-order chi connectivity index (χ0) is 9.99. The van der Waals surface area contributed by atoms with Crippen LogP contribution in [0.5, 0.6) is 0 Å². The first-order valence-corrected chi connectivity index (χ1v) is 5.47. The van der Waals surface area contributed by atoms with E-state index in [-0.39, 0.29) is 10.8 Å². The Morgan fingerprint density at radius 3 is 1.75 bits per heavy atom. The van der Waals surface area contributed by atoms with Crippen molar-refractivity contribution in [2.24, 2.45) is 10.8 Å². The molecule has 0 saturated carbocycles. The molecule has 2 heteroatoms. The Bertz CT molecular complexity index is 160. The Kier molecular flexibility index (Phi) is 4.27. The quantitative estimate of drug-likeness (QED) is 0.707.